The SMILES string of the molecule is [2H]C([2H])([2H])NC(=O)c1cnc(NC(=O)C2CC2)cc1Nc1nccc2c1N(C)C([2H])([2H])c1cn(C)nc1-2. The molecule has 1 saturated carbocycles. The van der Waals surface area contributed by atoms with Crippen LogP contribution in [-0.4, -0.2) is 45.6 Å². The lowest BCUT2D eigenvalue weighted by atomic mass is 10.0. The summed E-state index contributed by atoms with van der Waals surface area (Å²) in [6.07, 6.45) is 5.89. The number of rotatable bonds is 5. The summed E-state index contributed by atoms with van der Waals surface area (Å²) < 4.78 is 41.1. The first kappa shape index (κ1) is 15.0. The van der Waals surface area contributed by atoms with Crippen LogP contribution in [0.2, 0.25) is 0 Å². The Morgan fingerprint density at radius 1 is 1.28 bits per heavy atom. The van der Waals surface area contributed by atoms with E-state index in [1.807, 2.05) is 5.32 Å². The normalized spacial score (nSPS) is 18.7. The van der Waals surface area contributed by atoms with Gasteiger partial charge in [-0.25, -0.2) is 9.97 Å². The highest BCUT2D eigenvalue weighted by Gasteiger charge is 2.30. The Kier molecular flexibility index (Phi) is 3.56. The Bertz CT molecular complexity index is 1420. The molecule has 1 fully saturated rings. The Labute approximate surface area is 192 Å². The van der Waals surface area contributed by atoms with E-state index in [9.17, 15) is 9.59 Å². The summed E-state index contributed by atoms with van der Waals surface area (Å²) in [6.45, 7) is -4.65. The molecule has 0 spiro atoms. The molecule has 1 aliphatic carbocycles. The minimum atomic E-state index is -2.73. The molecule has 10 nitrogen and oxygen atoms in total. The fourth-order valence-corrected chi connectivity index (χ4v) is 3.66. The number of carbonyl (C=O) groups is 2. The largest absolute Gasteiger partial charge is 0.367 e. The average molecular weight is 438 g/mol. The summed E-state index contributed by atoms with van der Waals surface area (Å²) in [7, 11) is 3.29. The Balaban J connectivity index is 1.59. The van der Waals surface area contributed by atoms with Gasteiger partial charge in [0.1, 0.15) is 5.82 Å². The summed E-state index contributed by atoms with van der Waals surface area (Å²) in [4.78, 5) is 35.0. The minimum Gasteiger partial charge on any atom is -0.367 e. The molecule has 1 aliphatic heterocycles. The molecule has 0 unspecified atom stereocenters. The summed E-state index contributed by atoms with van der Waals surface area (Å²) in [5.74, 6) is -0.804. The molecule has 3 N–H and O–H groups in total. The van der Waals surface area contributed by atoms with Crippen molar-refractivity contribution >= 4 is 34.8 Å². The minimum absolute atomic E-state index is 0.0806. The number of fused-ring (bicyclic) bond motifs is 3. The molecule has 0 saturated heterocycles. The van der Waals surface area contributed by atoms with E-state index in [0.29, 0.717) is 22.5 Å². The Morgan fingerprint density at radius 2 is 2.12 bits per heavy atom. The van der Waals surface area contributed by atoms with E-state index in [2.05, 4.69) is 25.7 Å². The highest BCUT2D eigenvalue weighted by molar-refractivity contribution is 6.02. The van der Waals surface area contributed by atoms with Crippen molar-refractivity contribution in [3.8, 4) is 11.3 Å². The second kappa shape index (κ2) is 7.63. The zero-order valence-corrected chi connectivity index (χ0v) is 17.4. The molecule has 3 aromatic rings. The van der Waals surface area contributed by atoms with Crippen molar-refractivity contribution in [2.45, 2.75) is 19.3 Å². The first-order valence-electron chi connectivity index (χ1n) is 12.5. The van der Waals surface area contributed by atoms with Gasteiger partial charge >= 0.3 is 0 Å². The standard InChI is InChI=1S/C22H24N8O2/c1-23-22(32)15-9-25-17(27-21(31)12-4-5-12)8-16(15)26-20-19-14(6-7-24-20)18-13(10-29(19)2)11-30(3)28-18/h6-9,11-12H,4-5,10H2,1-3H3,(H,23,32)(H2,24,25,26,27,31)/i1D3,10D2. The van der Waals surface area contributed by atoms with Crippen LogP contribution in [0.5, 0.6) is 0 Å². The first-order chi connectivity index (χ1) is 17.3. The van der Waals surface area contributed by atoms with E-state index in [0.717, 1.165) is 12.8 Å². The maximum atomic E-state index is 12.8. The molecule has 2 amide bonds. The average Bonchev–Trinajstić information content (AvgIpc) is 3.58. The second-order valence-electron chi connectivity index (χ2n) is 7.75. The van der Waals surface area contributed by atoms with Crippen molar-refractivity contribution < 1.29 is 16.4 Å². The summed E-state index contributed by atoms with van der Waals surface area (Å²) in [5.41, 5.74) is 1.90. The molecule has 5 rings (SSSR count). The molecule has 0 radical (unpaired) electrons. The molecule has 0 atom stereocenters. The molecule has 32 heavy (non-hydrogen) atoms. The number of nitrogens with one attached hydrogen (secondary N) is 3. The molecule has 164 valence electrons. The van der Waals surface area contributed by atoms with Crippen molar-refractivity contribution in [2.24, 2.45) is 13.0 Å². The number of pyridine rings is 2. The number of hydrogen-bond acceptors (Lipinski definition) is 7. The van der Waals surface area contributed by atoms with Crippen LogP contribution < -0.4 is 20.9 Å². The molecule has 3 aromatic heterocycles. The van der Waals surface area contributed by atoms with Gasteiger partial charge in [-0.05, 0) is 18.9 Å². The van der Waals surface area contributed by atoms with Crippen LogP contribution in [-0.2, 0) is 18.3 Å². The van der Waals surface area contributed by atoms with Gasteiger partial charge in [0, 0.05) is 73.4 Å². The van der Waals surface area contributed by atoms with Crippen LogP contribution in [0.25, 0.3) is 11.3 Å². The van der Waals surface area contributed by atoms with E-state index in [4.69, 9.17) is 6.85 Å². The van der Waals surface area contributed by atoms with Gasteiger partial charge in [-0.15, -0.1) is 0 Å². The fourth-order valence-electron chi connectivity index (χ4n) is 3.66. The van der Waals surface area contributed by atoms with Crippen LogP contribution in [0, 0.1) is 5.92 Å². The molecular weight excluding hydrogens is 408 g/mol. The lowest BCUT2D eigenvalue weighted by Gasteiger charge is -2.28. The van der Waals surface area contributed by atoms with Gasteiger partial charge in [0.2, 0.25) is 5.91 Å². The van der Waals surface area contributed by atoms with Crippen molar-refractivity contribution in [3.05, 3.63) is 41.9 Å². The molecular formula is C22H24N8O2. The van der Waals surface area contributed by atoms with Gasteiger partial charge in [0.25, 0.3) is 5.91 Å². The number of aromatic nitrogens is 4. The molecule has 0 aromatic carbocycles. The third kappa shape index (κ3) is 3.53. The van der Waals surface area contributed by atoms with Gasteiger partial charge < -0.3 is 20.9 Å². The molecule has 0 bridgehead atoms. The third-order valence-electron chi connectivity index (χ3n) is 5.35. The van der Waals surface area contributed by atoms with Gasteiger partial charge in [-0.1, -0.05) is 0 Å². The number of carbonyl (C=O) groups excluding carboxylic acids is 2. The topological polar surface area (TPSA) is 117 Å². The predicted molar refractivity (Wildman–Crippen MR) is 121 cm³/mol. The monoisotopic (exact) mass is 437 g/mol. The summed E-state index contributed by atoms with van der Waals surface area (Å²) in [5, 5.41) is 12.1. The molecule has 2 aliphatic rings. The second-order valence-corrected chi connectivity index (χ2v) is 7.75. The first-order valence-corrected chi connectivity index (χ1v) is 10.0. The lowest BCUT2D eigenvalue weighted by molar-refractivity contribution is -0.117. The fraction of sp³-hybridized carbons (Fsp3) is 0.318. The number of amides is 2. The van der Waals surface area contributed by atoms with E-state index < -0.39 is 19.4 Å². The van der Waals surface area contributed by atoms with E-state index >= 15 is 0 Å². The zero-order valence-electron chi connectivity index (χ0n) is 22.4. The maximum absolute atomic E-state index is 12.8. The Hall–Kier alpha value is -3.95. The van der Waals surface area contributed by atoms with E-state index in [1.54, 1.807) is 26.4 Å². The smallest absolute Gasteiger partial charge is 0.254 e. The van der Waals surface area contributed by atoms with E-state index in [1.165, 1.54) is 28.0 Å². The van der Waals surface area contributed by atoms with Crippen molar-refractivity contribution in [1.29, 1.82) is 0 Å². The zero-order chi connectivity index (χ0) is 26.7. The van der Waals surface area contributed by atoms with E-state index in [-0.39, 0.29) is 34.7 Å². The van der Waals surface area contributed by atoms with Crippen LogP contribution in [0.15, 0.2) is 30.7 Å². The number of anilines is 4. The highest BCUT2D eigenvalue weighted by Crippen LogP contribution is 2.42. The third-order valence-corrected chi connectivity index (χ3v) is 5.35. The molecule has 10 heteroatoms. The van der Waals surface area contributed by atoms with Crippen LogP contribution in [0.1, 0.15) is 35.6 Å². The van der Waals surface area contributed by atoms with Gasteiger partial charge in [-0.2, -0.15) is 5.10 Å². The quantitative estimate of drug-likeness (QED) is 0.561. The van der Waals surface area contributed by atoms with Crippen molar-refractivity contribution in [2.75, 3.05) is 29.6 Å². The summed E-state index contributed by atoms with van der Waals surface area (Å²) >= 11 is 0. The van der Waals surface area contributed by atoms with Gasteiger partial charge in [-0.3, -0.25) is 14.3 Å². The van der Waals surface area contributed by atoms with Gasteiger partial charge in [0.15, 0.2) is 5.82 Å². The van der Waals surface area contributed by atoms with Crippen LogP contribution >= 0.6 is 0 Å². The van der Waals surface area contributed by atoms with Crippen molar-refractivity contribution in [1.82, 2.24) is 25.1 Å². The Morgan fingerprint density at radius 3 is 2.91 bits per heavy atom. The number of aryl methyl sites for hydroxylation is 1. The van der Waals surface area contributed by atoms with Crippen LogP contribution in [0.4, 0.5) is 23.0 Å². The lowest BCUT2D eigenvalue weighted by Crippen LogP contribution is -2.23. The molecule has 4 heterocycles. The maximum Gasteiger partial charge on any atom is 0.254 e. The summed E-state index contributed by atoms with van der Waals surface area (Å²) in [6, 6.07) is 3.13. The number of nitrogens with zero attached hydrogens (tertiary/aromatic N) is 5. The highest BCUT2D eigenvalue weighted by atomic mass is 16.2. The van der Waals surface area contributed by atoms with Crippen LogP contribution in [0.3, 0.4) is 0 Å². The predicted octanol–water partition coefficient (Wildman–Crippen LogP) is 2.28. The van der Waals surface area contributed by atoms with Gasteiger partial charge in [0.05, 0.1) is 25.4 Å². The van der Waals surface area contributed by atoms with Crippen molar-refractivity contribution in [3.63, 3.8) is 0 Å². The number of hydrogen-bond donors (Lipinski definition) is 3.